The Morgan fingerprint density at radius 2 is 2.00 bits per heavy atom. The van der Waals surface area contributed by atoms with Crippen LogP contribution in [0.2, 0.25) is 0 Å². The molecule has 102 valence electrons. The third-order valence-corrected chi connectivity index (χ3v) is 3.17. The number of nitrogens with zero attached hydrogens (tertiary/aromatic N) is 4. The Morgan fingerprint density at radius 3 is 2.63 bits per heavy atom. The molecule has 0 unspecified atom stereocenters. The lowest BCUT2D eigenvalue weighted by atomic mass is 10.1. The lowest BCUT2D eigenvalue weighted by Gasteiger charge is -2.20. The number of hydrogen-bond donors (Lipinski definition) is 1. The summed E-state index contributed by atoms with van der Waals surface area (Å²) in [4.78, 5) is 2.21. The molecule has 0 aliphatic heterocycles. The van der Waals surface area contributed by atoms with Crippen molar-refractivity contribution in [2.24, 2.45) is 7.05 Å². The van der Waals surface area contributed by atoms with Crippen molar-refractivity contribution in [1.29, 1.82) is 0 Å². The Balaban J connectivity index is 1.91. The van der Waals surface area contributed by atoms with Gasteiger partial charge in [0.2, 0.25) is 0 Å². The molecular formula is C14H20N4O. The number of benzene rings is 1. The highest BCUT2D eigenvalue weighted by Gasteiger charge is 2.08. The van der Waals surface area contributed by atoms with Crippen molar-refractivity contribution in [3.8, 4) is 0 Å². The van der Waals surface area contributed by atoms with Gasteiger partial charge in [-0.2, -0.15) is 0 Å². The molecule has 0 amide bonds. The van der Waals surface area contributed by atoms with Crippen LogP contribution in [0.1, 0.15) is 11.3 Å². The Hall–Kier alpha value is -1.72. The van der Waals surface area contributed by atoms with Crippen LogP contribution in [0, 0.1) is 0 Å². The topological polar surface area (TPSA) is 54.2 Å². The molecule has 0 saturated carbocycles. The molecule has 2 aromatic rings. The lowest BCUT2D eigenvalue weighted by molar-refractivity contribution is 0.188. The molecule has 0 atom stereocenters. The zero-order valence-electron chi connectivity index (χ0n) is 11.2. The third-order valence-electron chi connectivity index (χ3n) is 3.17. The van der Waals surface area contributed by atoms with Crippen LogP contribution in [0.4, 0.5) is 0 Å². The van der Waals surface area contributed by atoms with Gasteiger partial charge in [0, 0.05) is 26.7 Å². The molecule has 0 bridgehead atoms. The summed E-state index contributed by atoms with van der Waals surface area (Å²) in [7, 11) is 1.89. The second kappa shape index (κ2) is 7.01. The first-order valence-corrected chi connectivity index (χ1v) is 6.50. The molecule has 0 saturated heterocycles. The first-order chi connectivity index (χ1) is 9.29. The third kappa shape index (κ3) is 4.15. The summed E-state index contributed by atoms with van der Waals surface area (Å²) in [5.41, 5.74) is 2.37. The number of hydrogen-bond acceptors (Lipinski definition) is 4. The van der Waals surface area contributed by atoms with Crippen molar-refractivity contribution in [2.45, 2.75) is 13.0 Å². The van der Waals surface area contributed by atoms with Crippen LogP contribution in [0.3, 0.4) is 0 Å². The molecule has 19 heavy (non-hydrogen) atoms. The summed E-state index contributed by atoms with van der Waals surface area (Å²) in [5.74, 6) is 0. The Bertz CT molecular complexity index is 483. The highest BCUT2D eigenvalue weighted by molar-refractivity contribution is 5.14. The van der Waals surface area contributed by atoms with Crippen LogP contribution in [0.5, 0.6) is 0 Å². The molecule has 0 aliphatic carbocycles. The SMILES string of the molecule is Cn1nncc1CN(CCO)CCc1ccccc1. The van der Waals surface area contributed by atoms with Gasteiger partial charge in [0.1, 0.15) is 0 Å². The molecule has 1 N–H and O–H groups in total. The van der Waals surface area contributed by atoms with Crippen molar-refractivity contribution >= 4 is 0 Å². The van der Waals surface area contributed by atoms with Gasteiger partial charge in [-0.15, -0.1) is 5.10 Å². The molecule has 1 heterocycles. The van der Waals surface area contributed by atoms with E-state index in [4.69, 9.17) is 5.11 Å². The number of aryl methyl sites for hydroxylation is 1. The Kier molecular flexibility index (Phi) is 5.06. The van der Waals surface area contributed by atoms with Crippen molar-refractivity contribution in [3.63, 3.8) is 0 Å². The van der Waals surface area contributed by atoms with E-state index in [1.807, 2.05) is 13.1 Å². The first kappa shape index (κ1) is 13.7. The molecule has 0 radical (unpaired) electrons. The number of aliphatic hydroxyl groups excluding tert-OH is 1. The van der Waals surface area contributed by atoms with Gasteiger partial charge < -0.3 is 5.11 Å². The molecular weight excluding hydrogens is 240 g/mol. The standard InChI is InChI=1S/C14H20N4O/c1-17-14(11-15-16-17)12-18(9-10-19)8-7-13-5-3-2-4-6-13/h2-6,11,19H,7-10,12H2,1H3. The highest BCUT2D eigenvalue weighted by Crippen LogP contribution is 2.05. The van der Waals surface area contributed by atoms with E-state index < -0.39 is 0 Å². The zero-order valence-corrected chi connectivity index (χ0v) is 11.2. The number of aromatic nitrogens is 3. The van der Waals surface area contributed by atoms with Gasteiger partial charge in [-0.3, -0.25) is 9.58 Å². The maximum Gasteiger partial charge on any atom is 0.0738 e. The highest BCUT2D eigenvalue weighted by atomic mass is 16.3. The van der Waals surface area contributed by atoms with Crippen LogP contribution < -0.4 is 0 Å². The van der Waals surface area contributed by atoms with E-state index in [9.17, 15) is 0 Å². The largest absolute Gasteiger partial charge is 0.395 e. The summed E-state index contributed by atoms with van der Waals surface area (Å²) in [6.45, 7) is 2.50. The Labute approximate surface area is 113 Å². The van der Waals surface area contributed by atoms with Crippen molar-refractivity contribution in [1.82, 2.24) is 19.9 Å². The van der Waals surface area contributed by atoms with Crippen molar-refractivity contribution in [3.05, 3.63) is 47.8 Å². The first-order valence-electron chi connectivity index (χ1n) is 6.50. The van der Waals surface area contributed by atoms with Crippen molar-refractivity contribution < 1.29 is 5.11 Å². The minimum Gasteiger partial charge on any atom is -0.395 e. The predicted octanol–water partition coefficient (Wildman–Crippen LogP) is 0.852. The average molecular weight is 260 g/mol. The molecule has 5 nitrogen and oxygen atoms in total. The van der Waals surface area contributed by atoms with E-state index in [-0.39, 0.29) is 6.61 Å². The second-order valence-corrected chi connectivity index (χ2v) is 4.58. The normalized spacial score (nSPS) is 11.1. The Morgan fingerprint density at radius 1 is 1.21 bits per heavy atom. The van der Waals surface area contributed by atoms with E-state index in [2.05, 4.69) is 39.5 Å². The van der Waals surface area contributed by atoms with Crippen LogP contribution in [0.25, 0.3) is 0 Å². The van der Waals surface area contributed by atoms with Gasteiger partial charge in [-0.1, -0.05) is 35.5 Å². The fraction of sp³-hybridized carbons (Fsp3) is 0.429. The molecule has 1 aromatic heterocycles. The van der Waals surface area contributed by atoms with Gasteiger partial charge in [0.25, 0.3) is 0 Å². The minimum atomic E-state index is 0.167. The smallest absolute Gasteiger partial charge is 0.0738 e. The van der Waals surface area contributed by atoms with Gasteiger partial charge in [-0.25, -0.2) is 0 Å². The maximum absolute atomic E-state index is 9.15. The fourth-order valence-electron chi connectivity index (χ4n) is 2.03. The quantitative estimate of drug-likeness (QED) is 0.802. The van der Waals surface area contributed by atoms with Gasteiger partial charge >= 0.3 is 0 Å². The molecule has 0 fully saturated rings. The van der Waals surface area contributed by atoms with E-state index in [0.29, 0.717) is 6.54 Å². The zero-order chi connectivity index (χ0) is 13.5. The van der Waals surface area contributed by atoms with Crippen LogP contribution in [0.15, 0.2) is 36.5 Å². The van der Waals surface area contributed by atoms with Crippen LogP contribution >= 0.6 is 0 Å². The fourth-order valence-corrected chi connectivity index (χ4v) is 2.03. The van der Waals surface area contributed by atoms with E-state index in [0.717, 1.165) is 25.2 Å². The second-order valence-electron chi connectivity index (χ2n) is 4.58. The minimum absolute atomic E-state index is 0.167. The predicted molar refractivity (Wildman–Crippen MR) is 73.5 cm³/mol. The molecule has 1 aromatic carbocycles. The van der Waals surface area contributed by atoms with E-state index >= 15 is 0 Å². The summed E-state index contributed by atoms with van der Waals surface area (Å²) in [6, 6.07) is 10.4. The summed E-state index contributed by atoms with van der Waals surface area (Å²) in [6.07, 6.45) is 2.75. The van der Waals surface area contributed by atoms with E-state index in [1.54, 1.807) is 10.9 Å². The monoisotopic (exact) mass is 260 g/mol. The number of aliphatic hydroxyl groups is 1. The van der Waals surface area contributed by atoms with Gasteiger partial charge in [0.05, 0.1) is 18.5 Å². The van der Waals surface area contributed by atoms with E-state index in [1.165, 1.54) is 5.56 Å². The maximum atomic E-state index is 9.15. The summed E-state index contributed by atoms with van der Waals surface area (Å²) >= 11 is 0. The summed E-state index contributed by atoms with van der Waals surface area (Å²) in [5, 5.41) is 17.0. The van der Waals surface area contributed by atoms with Gasteiger partial charge in [-0.05, 0) is 12.0 Å². The molecule has 2 rings (SSSR count). The molecule has 0 aliphatic rings. The average Bonchev–Trinajstić information content (AvgIpc) is 2.83. The number of rotatable bonds is 7. The van der Waals surface area contributed by atoms with Crippen LogP contribution in [-0.2, 0) is 20.0 Å². The van der Waals surface area contributed by atoms with Crippen LogP contribution in [-0.4, -0.2) is 44.7 Å². The van der Waals surface area contributed by atoms with Gasteiger partial charge in [0.15, 0.2) is 0 Å². The van der Waals surface area contributed by atoms with Crippen molar-refractivity contribution in [2.75, 3.05) is 19.7 Å². The lowest BCUT2D eigenvalue weighted by Crippen LogP contribution is -2.29. The molecule has 5 heteroatoms. The molecule has 0 spiro atoms. The summed E-state index contributed by atoms with van der Waals surface area (Å²) < 4.78 is 1.77.